The second kappa shape index (κ2) is 7.29. The van der Waals surface area contributed by atoms with Crippen molar-refractivity contribution in [1.29, 1.82) is 0 Å². The van der Waals surface area contributed by atoms with E-state index in [0.29, 0.717) is 12.2 Å². The largest absolute Gasteiger partial charge is 0.497 e. The van der Waals surface area contributed by atoms with Crippen molar-refractivity contribution >= 4 is 18.1 Å². The Balaban J connectivity index is 2.01. The van der Waals surface area contributed by atoms with E-state index in [-0.39, 0.29) is 5.97 Å². The van der Waals surface area contributed by atoms with Crippen LogP contribution in [0.5, 0.6) is 11.5 Å². The van der Waals surface area contributed by atoms with Crippen molar-refractivity contribution in [3.63, 3.8) is 0 Å². The van der Waals surface area contributed by atoms with Crippen LogP contribution in [-0.4, -0.2) is 13.1 Å². The van der Waals surface area contributed by atoms with Crippen molar-refractivity contribution in [2.75, 3.05) is 7.11 Å². The van der Waals surface area contributed by atoms with Gasteiger partial charge in [0.15, 0.2) is 0 Å². The van der Waals surface area contributed by atoms with Crippen molar-refractivity contribution in [2.45, 2.75) is 13.3 Å². The zero-order valence-electron chi connectivity index (χ0n) is 12.2. The summed E-state index contributed by atoms with van der Waals surface area (Å²) in [6, 6.07) is 15.2. The summed E-state index contributed by atoms with van der Waals surface area (Å²) >= 11 is 0. The molecule has 0 saturated carbocycles. The molecule has 0 aliphatic carbocycles. The maximum absolute atomic E-state index is 11.2. The molecular weight excluding hydrogens is 264 g/mol. The Labute approximate surface area is 124 Å². The first-order valence-electron chi connectivity index (χ1n) is 6.84. The van der Waals surface area contributed by atoms with Gasteiger partial charge in [0.05, 0.1) is 7.11 Å². The fourth-order valence-corrected chi connectivity index (χ4v) is 1.76. The van der Waals surface area contributed by atoms with E-state index >= 15 is 0 Å². The van der Waals surface area contributed by atoms with Gasteiger partial charge in [0, 0.05) is 6.42 Å². The second-order valence-electron chi connectivity index (χ2n) is 4.50. The molecule has 0 aliphatic heterocycles. The summed E-state index contributed by atoms with van der Waals surface area (Å²) in [5, 5.41) is 0. The molecule has 2 aromatic carbocycles. The number of rotatable bonds is 5. The molecule has 2 rings (SSSR count). The molecule has 0 fully saturated rings. The minimum absolute atomic E-state index is 0.225. The number of ether oxygens (including phenoxy) is 2. The molecule has 0 N–H and O–H groups in total. The average Bonchev–Trinajstić information content (AvgIpc) is 2.54. The van der Waals surface area contributed by atoms with Gasteiger partial charge in [0.1, 0.15) is 11.5 Å². The molecule has 3 heteroatoms. The standard InChI is InChI=1S/C18H18O3/c1-3-18(19)21-17-12-8-15(9-13-17)5-4-14-6-10-16(20-2)11-7-14/h4-13H,3H2,1-2H3/b5-4+. The second-order valence-corrected chi connectivity index (χ2v) is 4.50. The number of benzene rings is 2. The summed E-state index contributed by atoms with van der Waals surface area (Å²) in [7, 11) is 1.65. The lowest BCUT2D eigenvalue weighted by Crippen LogP contribution is -2.05. The molecule has 21 heavy (non-hydrogen) atoms. The van der Waals surface area contributed by atoms with Gasteiger partial charge in [-0.3, -0.25) is 4.79 Å². The lowest BCUT2D eigenvalue weighted by Gasteiger charge is -2.02. The van der Waals surface area contributed by atoms with E-state index < -0.39 is 0 Å². The molecule has 2 aromatic rings. The third-order valence-electron chi connectivity index (χ3n) is 2.98. The smallest absolute Gasteiger partial charge is 0.310 e. The van der Waals surface area contributed by atoms with Crippen LogP contribution in [0.3, 0.4) is 0 Å². The number of carbonyl (C=O) groups is 1. The molecule has 0 bridgehead atoms. The Morgan fingerprint density at radius 1 is 0.905 bits per heavy atom. The SMILES string of the molecule is CCC(=O)Oc1ccc(/C=C/c2ccc(OC)cc2)cc1. The Morgan fingerprint density at radius 3 is 1.81 bits per heavy atom. The Kier molecular flexibility index (Phi) is 5.16. The molecule has 0 spiro atoms. The van der Waals surface area contributed by atoms with E-state index in [0.717, 1.165) is 16.9 Å². The average molecular weight is 282 g/mol. The van der Waals surface area contributed by atoms with Gasteiger partial charge in [0.25, 0.3) is 0 Å². The highest BCUT2D eigenvalue weighted by Gasteiger charge is 2.00. The molecule has 3 nitrogen and oxygen atoms in total. The third kappa shape index (κ3) is 4.49. The van der Waals surface area contributed by atoms with E-state index in [1.54, 1.807) is 26.2 Å². The van der Waals surface area contributed by atoms with E-state index in [1.807, 2.05) is 48.6 Å². The summed E-state index contributed by atoms with van der Waals surface area (Å²) in [4.78, 5) is 11.2. The van der Waals surface area contributed by atoms with Crippen LogP contribution in [0.2, 0.25) is 0 Å². The van der Waals surface area contributed by atoms with Crippen LogP contribution in [0.25, 0.3) is 12.2 Å². The molecule has 0 aromatic heterocycles. The maximum atomic E-state index is 11.2. The zero-order chi connectivity index (χ0) is 15.1. The van der Waals surface area contributed by atoms with E-state index in [2.05, 4.69) is 0 Å². The first-order chi connectivity index (χ1) is 10.2. The monoisotopic (exact) mass is 282 g/mol. The van der Waals surface area contributed by atoms with Crippen molar-refractivity contribution < 1.29 is 14.3 Å². The topological polar surface area (TPSA) is 35.5 Å². The lowest BCUT2D eigenvalue weighted by atomic mass is 10.1. The lowest BCUT2D eigenvalue weighted by molar-refractivity contribution is -0.134. The maximum Gasteiger partial charge on any atom is 0.310 e. The summed E-state index contributed by atoms with van der Waals surface area (Å²) in [5.74, 6) is 1.19. The van der Waals surface area contributed by atoms with Gasteiger partial charge in [-0.15, -0.1) is 0 Å². The van der Waals surface area contributed by atoms with Crippen molar-refractivity contribution in [3.05, 3.63) is 59.7 Å². The van der Waals surface area contributed by atoms with Gasteiger partial charge in [-0.1, -0.05) is 43.3 Å². The first-order valence-corrected chi connectivity index (χ1v) is 6.84. The van der Waals surface area contributed by atoms with Gasteiger partial charge in [-0.2, -0.15) is 0 Å². The molecule has 0 atom stereocenters. The van der Waals surface area contributed by atoms with E-state index in [9.17, 15) is 4.79 Å². The first kappa shape index (κ1) is 14.9. The number of methoxy groups -OCH3 is 1. The Bertz CT molecular complexity index is 610. The van der Waals surface area contributed by atoms with Crippen LogP contribution in [-0.2, 0) is 4.79 Å². The normalized spacial score (nSPS) is 10.6. The van der Waals surface area contributed by atoms with Gasteiger partial charge in [-0.25, -0.2) is 0 Å². The van der Waals surface area contributed by atoms with E-state index in [4.69, 9.17) is 9.47 Å². The van der Waals surface area contributed by atoms with Crippen LogP contribution < -0.4 is 9.47 Å². The minimum Gasteiger partial charge on any atom is -0.497 e. The van der Waals surface area contributed by atoms with Crippen LogP contribution in [0, 0.1) is 0 Å². The highest BCUT2D eigenvalue weighted by Crippen LogP contribution is 2.16. The van der Waals surface area contributed by atoms with Crippen LogP contribution in [0.1, 0.15) is 24.5 Å². The molecule has 0 unspecified atom stereocenters. The minimum atomic E-state index is -0.225. The highest BCUT2D eigenvalue weighted by molar-refractivity contribution is 5.73. The third-order valence-corrected chi connectivity index (χ3v) is 2.98. The summed E-state index contributed by atoms with van der Waals surface area (Å²) < 4.78 is 10.3. The fourth-order valence-electron chi connectivity index (χ4n) is 1.76. The molecule has 0 saturated heterocycles. The molecular formula is C18H18O3. The molecule has 0 amide bonds. The Morgan fingerprint density at radius 2 is 1.38 bits per heavy atom. The van der Waals surface area contributed by atoms with Gasteiger partial charge >= 0.3 is 5.97 Å². The molecule has 0 radical (unpaired) electrons. The van der Waals surface area contributed by atoms with Crippen molar-refractivity contribution in [2.24, 2.45) is 0 Å². The van der Waals surface area contributed by atoms with Gasteiger partial charge < -0.3 is 9.47 Å². The van der Waals surface area contributed by atoms with Gasteiger partial charge in [0.2, 0.25) is 0 Å². The summed E-state index contributed by atoms with van der Waals surface area (Å²) in [5.41, 5.74) is 2.14. The molecule has 0 aliphatic rings. The van der Waals surface area contributed by atoms with Crippen molar-refractivity contribution in [1.82, 2.24) is 0 Å². The predicted molar refractivity (Wildman–Crippen MR) is 84.3 cm³/mol. The highest BCUT2D eigenvalue weighted by atomic mass is 16.5. The molecule has 108 valence electrons. The summed E-state index contributed by atoms with van der Waals surface area (Å²) in [6.07, 6.45) is 4.40. The van der Waals surface area contributed by atoms with Gasteiger partial charge in [-0.05, 0) is 35.4 Å². The molecule has 0 heterocycles. The number of hydrogen-bond acceptors (Lipinski definition) is 3. The van der Waals surface area contributed by atoms with Crippen LogP contribution in [0.15, 0.2) is 48.5 Å². The summed E-state index contributed by atoms with van der Waals surface area (Å²) in [6.45, 7) is 1.77. The van der Waals surface area contributed by atoms with Crippen LogP contribution in [0.4, 0.5) is 0 Å². The zero-order valence-corrected chi connectivity index (χ0v) is 12.2. The number of esters is 1. The number of carbonyl (C=O) groups excluding carboxylic acids is 1. The fraction of sp³-hybridized carbons (Fsp3) is 0.167. The van der Waals surface area contributed by atoms with E-state index in [1.165, 1.54) is 0 Å². The quantitative estimate of drug-likeness (QED) is 0.469. The van der Waals surface area contributed by atoms with Crippen LogP contribution >= 0.6 is 0 Å². The predicted octanol–water partition coefficient (Wildman–Crippen LogP) is 4.18. The number of hydrogen-bond donors (Lipinski definition) is 0. The Hall–Kier alpha value is -2.55. The van der Waals surface area contributed by atoms with Crippen molar-refractivity contribution in [3.8, 4) is 11.5 Å².